The van der Waals surface area contributed by atoms with Gasteiger partial charge in [-0.15, -0.1) is 0 Å². The van der Waals surface area contributed by atoms with Crippen LogP contribution in [0.2, 0.25) is 0 Å². The number of hydrogen-bond acceptors (Lipinski definition) is 4. The highest BCUT2D eigenvalue weighted by Crippen LogP contribution is 2.22. The summed E-state index contributed by atoms with van der Waals surface area (Å²) in [5.74, 6) is 0.333. The summed E-state index contributed by atoms with van der Waals surface area (Å²) < 4.78 is 11.1. The first-order chi connectivity index (χ1) is 9.06. The van der Waals surface area contributed by atoms with E-state index in [0.717, 1.165) is 4.47 Å². The van der Waals surface area contributed by atoms with E-state index in [2.05, 4.69) is 21.2 Å². The summed E-state index contributed by atoms with van der Waals surface area (Å²) in [5.41, 5.74) is 0.714. The first kappa shape index (κ1) is 15.9. The lowest BCUT2D eigenvalue weighted by Gasteiger charge is -2.13. The molecule has 1 unspecified atom stereocenters. The summed E-state index contributed by atoms with van der Waals surface area (Å²) in [6.07, 6.45) is 0. The standard InChI is InChI=1S/C13H18BrNO4/c1-9(7-18-2)15-13(17)8-19-11-3-4-12(14)10(5-11)6-16/h3-5,9,16H,6-8H2,1-2H3,(H,15,17). The minimum absolute atomic E-state index is 0.0565. The van der Waals surface area contributed by atoms with Crippen LogP contribution in [-0.4, -0.2) is 37.4 Å². The Labute approximate surface area is 121 Å². The molecule has 5 nitrogen and oxygen atoms in total. The van der Waals surface area contributed by atoms with E-state index in [4.69, 9.17) is 14.6 Å². The second-order valence-corrected chi connectivity index (χ2v) is 4.98. The van der Waals surface area contributed by atoms with E-state index in [9.17, 15) is 4.79 Å². The van der Waals surface area contributed by atoms with E-state index in [1.165, 1.54) is 0 Å². The Bertz CT molecular complexity index is 425. The molecule has 1 atom stereocenters. The van der Waals surface area contributed by atoms with Crippen LogP contribution in [0, 0.1) is 0 Å². The van der Waals surface area contributed by atoms with Gasteiger partial charge in [0.05, 0.1) is 13.2 Å². The molecule has 0 saturated heterocycles. The Morgan fingerprint density at radius 2 is 2.26 bits per heavy atom. The first-order valence-corrected chi connectivity index (χ1v) is 6.66. The smallest absolute Gasteiger partial charge is 0.258 e. The number of aliphatic hydroxyl groups is 1. The van der Waals surface area contributed by atoms with Gasteiger partial charge in [-0.2, -0.15) is 0 Å². The van der Waals surface area contributed by atoms with Crippen LogP contribution in [0.15, 0.2) is 22.7 Å². The molecular weight excluding hydrogens is 314 g/mol. The fraction of sp³-hybridized carbons (Fsp3) is 0.462. The molecule has 1 amide bonds. The summed E-state index contributed by atoms with van der Waals surface area (Å²) in [7, 11) is 1.58. The number of carbonyl (C=O) groups is 1. The molecular formula is C13H18BrNO4. The SMILES string of the molecule is COCC(C)NC(=O)COc1ccc(Br)c(CO)c1. The molecule has 2 N–H and O–H groups in total. The normalized spacial score (nSPS) is 12.0. The van der Waals surface area contributed by atoms with Gasteiger partial charge in [0.25, 0.3) is 5.91 Å². The number of hydrogen-bond donors (Lipinski definition) is 2. The fourth-order valence-electron chi connectivity index (χ4n) is 1.52. The largest absolute Gasteiger partial charge is 0.484 e. The third-order valence-corrected chi connectivity index (χ3v) is 3.16. The van der Waals surface area contributed by atoms with Crippen molar-refractivity contribution in [3.8, 4) is 5.75 Å². The first-order valence-electron chi connectivity index (χ1n) is 5.87. The zero-order chi connectivity index (χ0) is 14.3. The van der Waals surface area contributed by atoms with Crippen molar-refractivity contribution in [1.82, 2.24) is 5.32 Å². The highest BCUT2D eigenvalue weighted by atomic mass is 79.9. The lowest BCUT2D eigenvalue weighted by atomic mass is 10.2. The maximum atomic E-state index is 11.6. The predicted octanol–water partition coefficient (Wildman–Crippen LogP) is 1.47. The molecule has 0 aromatic heterocycles. The number of methoxy groups -OCH3 is 1. The van der Waals surface area contributed by atoms with Gasteiger partial charge in [0.15, 0.2) is 6.61 Å². The van der Waals surface area contributed by atoms with Crippen LogP contribution in [-0.2, 0) is 16.1 Å². The minimum Gasteiger partial charge on any atom is -0.484 e. The van der Waals surface area contributed by atoms with Crippen molar-refractivity contribution in [2.45, 2.75) is 19.6 Å². The molecule has 6 heteroatoms. The van der Waals surface area contributed by atoms with Gasteiger partial charge in [-0.05, 0) is 30.7 Å². The van der Waals surface area contributed by atoms with Crippen LogP contribution in [0.1, 0.15) is 12.5 Å². The molecule has 0 radical (unpaired) electrons. The number of benzene rings is 1. The molecule has 106 valence electrons. The highest BCUT2D eigenvalue weighted by molar-refractivity contribution is 9.10. The number of ether oxygens (including phenoxy) is 2. The molecule has 0 bridgehead atoms. The summed E-state index contributed by atoms with van der Waals surface area (Å²) in [5, 5.41) is 11.9. The van der Waals surface area contributed by atoms with Gasteiger partial charge in [-0.3, -0.25) is 4.79 Å². The van der Waals surface area contributed by atoms with Crippen molar-refractivity contribution in [3.63, 3.8) is 0 Å². The number of aliphatic hydroxyl groups excluding tert-OH is 1. The zero-order valence-corrected chi connectivity index (χ0v) is 12.6. The Morgan fingerprint density at radius 1 is 1.53 bits per heavy atom. The average Bonchev–Trinajstić information content (AvgIpc) is 2.38. The van der Waals surface area contributed by atoms with Gasteiger partial charge in [-0.1, -0.05) is 15.9 Å². The van der Waals surface area contributed by atoms with Crippen LogP contribution >= 0.6 is 15.9 Å². The molecule has 1 aromatic carbocycles. The van der Waals surface area contributed by atoms with Crippen LogP contribution < -0.4 is 10.1 Å². The molecule has 0 fully saturated rings. The van der Waals surface area contributed by atoms with Crippen molar-refractivity contribution in [1.29, 1.82) is 0 Å². The third-order valence-electron chi connectivity index (χ3n) is 2.38. The highest BCUT2D eigenvalue weighted by Gasteiger charge is 2.08. The van der Waals surface area contributed by atoms with Gasteiger partial charge >= 0.3 is 0 Å². The Kier molecular flexibility index (Phi) is 6.83. The molecule has 0 saturated carbocycles. The Balaban J connectivity index is 2.46. The Morgan fingerprint density at radius 3 is 2.89 bits per heavy atom. The van der Waals surface area contributed by atoms with Crippen LogP contribution in [0.25, 0.3) is 0 Å². The number of halogens is 1. The zero-order valence-electron chi connectivity index (χ0n) is 11.0. The van der Waals surface area contributed by atoms with Gasteiger partial charge in [0.1, 0.15) is 5.75 Å². The van der Waals surface area contributed by atoms with E-state index < -0.39 is 0 Å². The summed E-state index contributed by atoms with van der Waals surface area (Å²) in [4.78, 5) is 11.6. The number of nitrogens with one attached hydrogen (secondary N) is 1. The molecule has 19 heavy (non-hydrogen) atoms. The number of carbonyl (C=O) groups excluding carboxylic acids is 1. The van der Waals surface area contributed by atoms with E-state index in [1.807, 2.05) is 6.92 Å². The summed E-state index contributed by atoms with van der Waals surface area (Å²) >= 11 is 3.31. The quantitative estimate of drug-likeness (QED) is 0.794. The van der Waals surface area contributed by atoms with E-state index in [0.29, 0.717) is 17.9 Å². The molecule has 1 rings (SSSR count). The molecule has 0 heterocycles. The van der Waals surface area contributed by atoms with Crippen molar-refractivity contribution in [2.24, 2.45) is 0 Å². The number of rotatable bonds is 7. The molecule has 0 aliphatic rings. The van der Waals surface area contributed by atoms with Crippen LogP contribution in [0.3, 0.4) is 0 Å². The monoisotopic (exact) mass is 331 g/mol. The topological polar surface area (TPSA) is 67.8 Å². The second kappa shape index (κ2) is 8.14. The third kappa shape index (κ3) is 5.59. The molecule has 0 aliphatic carbocycles. The molecule has 0 spiro atoms. The van der Waals surface area contributed by atoms with Crippen LogP contribution in [0.4, 0.5) is 0 Å². The van der Waals surface area contributed by atoms with Crippen molar-refractivity contribution in [3.05, 3.63) is 28.2 Å². The van der Waals surface area contributed by atoms with Gasteiger partial charge in [0, 0.05) is 17.6 Å². The van der Waals surface area contributed by atoms with E-state index in [-0.39, 0.29) is 25.2 Å². The fourth-order valence-corrected chi connectivity index (χ4v) is 1.89. The predicted molar refractivity (Wildman–Crippen MR) is 75.0 cm³/mol. The van der Waals surface area contributed by atoms with Crippen LogP contribution in [0.5, 0.6) is 5.75 Å². The lowest BCUT2D eigenvalue weighted by Crippen LogP contribution is -2.38. The second-order valence-electron chi connectivity index (χ2n) is 4.12. The average molecular weight is 332 g/mol. The van der Waals surface area contributed by atoms with Crippen molar-refractivity contribution >= 4 is 21.8 Å². The van der Waals surface area contributed by atoms with Crippen molar-refractivity contribution < 1.29 is 19.4 Å². The minimum atomic E-state index is -0.210. The molecule has 0 aliphatic heterocycles. The van der Waals surface area contributed by atoms with E-state index >= 15 is 0 Å². The lowest BCUT2D eigenvalue weighted by molar-refractivity contribution is -0.124. The summed E-state index contributed by atoms with van der Waals surface area (Å²) in [6.45, 7) is 2.15. The van der Waals surface area contributed by atoms with Gasteiger partial charge < -0.3 is 19.9 Å². The molecule has 1 aromatic rings. The van der Waals surface area contributed by atoms with Crippen molar-refractivity contribution in [2.75, 3.05) is 20.3 Å². The van der Waals surface area contributed by atoms with E-state index in [1.54, 1.807) is 25.3 Å². The van der Waals surface area contributed by atoms with Gasteiger partial charge in [0.2, 0.25) is 0 Å². The maximum absolute atomic E-state index is 11.6. The Hall–Kier alpha value is -1.11. The summed E-state index contributed by atoms with van der Waals surface area (Å²) in [6, 6.07) is 5.14. The maximum Gasteiger partial charge on any atom is 0.258 e. The van der Waals surface area contributed by atoms with Gasteiger partial charge in [-0.25, -0.2) is 0 Å². The number of amides is 1.